The average molecular weight is 263 g/mol. The average Bonchev–Trinajstić information content (AvgIpc) is 2.86. The zero-order valence-electron chi connectivity index (χ0n) is 10.5. The second-order valence-electron chi connectivity index (χ2n) is 3.94. The molecule has 0 bridgehead atoms. The van der Waals surface area contributed by atoms with Crippen LogP contribution < -0.4 is 4.74 Å². The number of hydrogen-bond acceptors (Lipinski definition) is 4. The number of benzene rings is 1. The highest BCUT2D eigenvalue weighted by Gasteiger charge is 2.01. The third kappa shape index (κ3) is 3.62. The molecule has 1 N–H and O–H groups in total. The van der Waals surface area contributed by atoms with Crippen molar-refractivity contribution in [2.24, 2.45) is 0 Å². The van der Waals surface area contributed by atoms with E-state index in [1.807, 2.05) is 24.3 Å². The first-order chi connectivity index (χ1) is 9.21. The number of aliphatic hydroxyl groups excluding tert-OH is 1. The normalized spacial score (nSPS) is 11.6. The van der Waals surface area contributed by atoms with E-state index in [2.05, 4.69) is 10.3 Å². The minimum Gasteiger partial charge on any atom is -0.497 e. The van der Waals surface area contributed by atoms with Crippen molar-refractivity contribution in [1.82, 2.24) is 15.0 Å². The van der Waals surface area contributed by atoms with Crippen LogP contribution in [0.15, 0.2) is 36.3 Å². The van der Waals surface area contributed by atoms with Crippen LogP contribution in [-0.4, -0.2) is 33.8 Å². The molecule has 6 heteroatoms. The molecule has 5 nitrogen and oxygen atoms in total. The van der Waals surface area contributed by atoms with E-state index in [1.165, 1.54) is 0 Å². The molecule has 0 aliphatic carbocycles. The zero-order chi connectivity index (χ0) is 13.7. The predicted octanol–water partition coefficient (Wildman–Crippen LogP) is 1.64. The van der Waals surface area contributed by atoms with Crippen molar-refractivity contribution in [2.45, 2.75) is 6.54 Å². The van der Waals surface area contributed by atoms with Gasteiger partial charge in [-0.3, -0.25) is 0 Å². The van der Waals surface area contributed by atoms with E-state index in [4.69, 9.17) is 9.84 Å². The minimum absolute atomic E-state index is 0.375. The first-order valence-electron chi connectivity index (χ1n) is 5.71. The fourth-order valence-electron chi connectivity index (χ4n) is 1.58. The minimum atomic E-state index is -0.642. The first kappa shape index (κ1) is 13.2. The Morgan fingerprint density at radius 3 is 2.79 bits per heavy atom. The van der Waals surface area contributed by atoms with Crippen molar-refractivity contribution in [3.8, 4) is 5.75 Å². The molecule has 0 atom stereocenters. The van der Waals surface area contributed by atoms with Gasteiger partial charge in [-0.15, -0.1) is 5.10 Å². The van der Waals surface area contributed by atoms with Crippen molar-refractivity contribution in [3.05, 3.63) is 47.5 Å². The Kier molecular flexibility index (Phi) is 4.25. The van der Waals surface area contributed by atoms with Gasteiger partial charge >= 0.3 is 0 Å². The van der Waals surface area contributed by atoms with Crippen LogP contribution in [0.1, 0.15) is 11.3 Å². The number of rotatable bonds is 5. The molecule has 0 saturated heterocycles. The van der Waals surface area contributed by atoms with E-state index in [9.17, 15) is 4.39 Å². The van der Waals surface area contributed by atoms with Gasteiger partial charge in [0.2, 0.25) is 0 Å². The summed E-state index contributed by atoms with van der Waals surface area (Å²) in [5, 5.41) is 16.3. The van der Waals surface area contributed by atoms with E-state index in [0.29, 0.717) is 12.2 Å². The highest BCUT2D eigenvalue weighted by molar-refractivity contribution is 5.45. The van der Waals surface area contributed by atoms with Gasteiger partial charge in [0.05, 0.1) is 26.5 Å². The van der Waals surface area contributed by atoms with E-state index in [1.54, 1.807) is 18.0 Å². The Hall–Kier alpha value is -2.21. The molecule has 2 rings (SSSR count). The van der Waals surface area contributed by atoms with Crippen LogP contribution in [0.4, 0.5) is 4.39 Å². The molecule has 0 saturated carbocycles. The molecule has 0 aliphatic rings. The van der Waals surface area contributed by atoms with Crippen LogP contribution in [0, 0.1) is 0 Å². The highest BCUT2D eigenvalue weighted by atomic mass is 19.1. The number of aromatic nitrogens is 3. The van der Waals surface area contributed by atoms with Crippen LogP contribution in [0.5, 0.6) is 5.75 Å². The molecule has 1 aromatic carbocycles. The summed E-state index contributed by atoms with van der Waals surface area (Å²) in [4.78, 5) is 0. The Morgan fingerprint density at radius 2 is 2.16 bits per heavy atom. The van der Waals surface area contributed by atoms with Crippen molar-refractivity contribution in [1.29, 1.82) is 0 Å². The fourth-order valence-corrected chi connectivity index (χ4v) is 1.58. The molecular formula is C13H14FN3O2. The molecule has 0 aliphatic heterocycles. The Morgan fingerprint density at radius 1 is 1.42 bits per heavy atom. The van der Waals surface area contributed by atoms with Gasteiger partial charge in [0.1, 0.15) is 17.3 Å². The van der Waals surface area contributed by atoms with Gasteiger partial charge in [0.15, 0.2) is 0 Å². The monoisotopic (exact) mass is 263 g/mol. The van der Waals surface area contributed by atoms with Crippen LogP contribution in [0.25, 0.3) is 6.08 Å². The maximum absolute atomic E-state index is 12.9. The van der Waals surface area contributed by atoms with Gasteiger partial charge in [-0.05, 0) is 17.7 Å². The number of nitrogens with zero attached hydrogens (tertiary/aromatic N) is 3. The third-order valence-electron chi connectivity index (χ3n) is 2.52. The van der Waals surface area contributed by atoms with Crippen LogP contribution >= 0.6 is 0 Å². The maximum atomic E-state index is 12.9. The van der Waals surface area contributed by atoms with Gasteiger partial charge in [-0.1, -0.05) is 17.3 Å². The van der Waals surface area contributed by atoms with E-state index >= 15 is 0 Å². The lowest BCUT2D eigenvalue weighted by molar-refractivity contribution is 0.300. The summed E-state index contributed by atoms with van der Waals surface area (Å²) in [6, 6.07) is 7.56. The summed E-state index contributed by atoms with van der Waals surface area (Å²) in [5.74, 6) is 0.146. The van der Waals surface area contributed by atoms with Crippen molar-refractivity contribution in [3.63, 3.8) is 0 Å². The molecule has 1 heterocycles. The fraction of sp³-hybridized carbons (Fsp3) is 0.231. The summed E-state index contributed by atoms with van der Waals surface area (Å²) >= 11 is 0. The van der Waals surface area contributed by atoms with Gasteiger partial charge in [0, 0.05) is 6.08 Å². The maximum Gasteiger partial charge on any atom is 0.128 e. The molecule has 2 aromatic rings. The third-order valence-corrected chi connectivity index (χ3v) is 2.52. The SMILES string of the molecule is COc1ccc(Cn2cc(/C=C(/F)CO)nn2)cc1. The summed E-state index contributed by atoms with van der Waals surface area (Å²) in [7, 11) is 1.61. The van der Waals surface area contributed by atoms with Crippen LogP contribution in [0.2, 0.25) is 0 Å². The smallest absolute Gasteiger partial charge is 0.128 e. The van der Waals surface area contributed by atoms with Gasteiger partial charge < -0.3 is 9.84 Å². The molecule has 1 aromatic heterocycles. The van der Waals surface area contributed by atoms with Crippen molar-refractivity contribution >= 4 is 6.08 Å². The summed E-state index contributed by atoms with van der Waals surface area (Å²) in [5.41, 5.74) is 1.41. The molecule has 100 valence electrons. The number of methoxy groups -OCH3 is 1. The zero-order valence-corrected chi connectivity index (χ0v) is 10.5. The van der Waals surface area contributed by atoms with Gasteiger partial charge in [-0.25, -0.2) is 9.07 Å². The standard InChI is InChI=1S/C13H14FN3O2/c1-19-13-4-2-10(3-5-13)7-17-8-12(15-16-17)6-11(14)9-18/h2-6,8,18H,7,9H2,1H3/b11-6+. The second-order valence-corrected chi connectivity index (χ2v) is 3.94. The lowest BCUT2D eigenvalue weighted by Gasteiger charge is -2.02. The second kappa shape index (κ2) is 6.10. The number of halogens is 1. The van der Waals surface area contributed by atoms with Crippen molar-refractivity contribution in [2.75, 3.05) is 13.7 Å². The molecule has 0 radical (unpaired) electrons. The molecular weight excluding hydrogens is 249 g/mol. The Labute approximate surface area is 109 Å². The molecule has 19 heavy (non-hydrogen) atoms. The largest absolute Gasteiger partial charge is 0.497 e. The lowest BCUT2D eigenvalue weighted by atomic mass is 10.2. The lowest BCUT2D eigenvalue weighted by Crippen LogP contribution is -2.00. The Balaban J connectivity index is 2.06. The topological polar surface area (TPSA) is 60.2 Å². The summed E-state index contributed by atoms with van der Waals surface area (Å²) in [6.07, 6.45) is 2.76. The first-order valence-corrected chi connectivity index (χ1v) is 5.71. The van der Waals surface area contributed by atoms with Crippen LogP contribution in [-0.2, 0) is 6.54 Å². The number of hydrogen-bond donors (Lipinski definition) is 1. The van der Waals surface area contributed by atoms with E-state index in [-0.39, 0.29) is 0 Å². The number of aliphatic hydroxyl groups is 1. The quantitative estimate of drug-likeness (QED) is 0.890. The molecule has 0 amide bonds. The number of ether oxygens (including phenoxy) is 1. The Bertz CT molecular complexity index is 564. The van der Waals surface area contributed by atoms with Gasteiger partial charge in [0.25, 0.3) is 0 Å². The predicted molar refractivity (Wildman–Crippen MR) is 68.3 cm³/mol. The van der Waals surface area contributed by atoms with Gasteiger partial charge in [-0.2, -0.15) is 0 Å². The highest BCUT2D eigenvalue weighted by Crippen LogP contribution is 2.12. The summed E-state index contributed by atoms with van der Waals surface area (Å²) < 4.78 is 19.5. The van der Waals surface area contributed by atoms with Crippen molar-refractivity contribution < 1.29 is 14.2 Å². The summed E-state index contributed by atoms with van der Waals surface area (Å²) in [6.45, 7) is -0.100. The van der Waals surface area contributed by atoms with E-state index in [0.717, 1.165) is 17.4 Å². The molecule has 0 unspecified atom stereocenters. The molecule has 0 spiro atoms. The molecule has 0 fully saturated rings. The van der Waals surface area contributed by atoms with Crippen LogP contribution in [0.3, 0.4) is 0 Å². The van der Waals surface area contributed by atoms with E-state index < -0.39 is 12.4 Å².